The molecule has 0 aliphatic carbocycles. The lowest BCUT2D eigenvalue weighted by Gasteiger charge is -2.33. The van der Waals surface area contributed by atoms with Crippen LogP contribution in [0.25, 0.3) is 0 Å². The SMILES string of the molecule is CCOC(=O)C1=NN(C(=O)OC(C)(C)C)C2C=COC2C1. The number of ether oxygens (including phenoxy) is 3. The number of amides is 1. The highest BCUT2D eigenvalue weighted by molar-refractivity contribution is 6.36. The third-order valence-electron chi connectivity index (χ3n) is 2.91. The van der Waals surface area contributed by atoms with E-state index in [9.17, 15) is 9.59 Å². The largest absolute Gasteiger partial charge is 0.495 e. The molecule has 1 amide bonds. The molecule has 7 heteroatoms. The zero-order valence-electron chi connectivity index (χ0n) is 12.7. The van der Waals surface area contributed by atoms with E-state index < -0.39 is 17.7 Å². The van der Waals surface area contributed by atoms with Gasteiger partial charge >= 0.3 is 12.1 Å². The Labute approximate surface area is 123 Å². The fourth-order valence-corrected chi connectivity index (χ4v) is 2.08. The van der Waals surface area contributed by atoms with Gasteiger partial charge in [0, 0.05) is 6.42 Å². The molecule has 2 unspecified atom stereocenters. The molecular weight excluding hydrogens is 276 g/mol. The van der Waals surface area contributed by atoms with Crippen molar-refractivity contribution in [3.8, 4) is 0 Å². The average Bonchev–Trinajstić information content (AvgIpc) is 2.83. The summed E-state index contributed by atoms with van der Waals surface area (Å²) in [6, 6.07) is -0.363. The predicted molar refractivity (Wildman–Crippen MR) is 74.6 cm³/mol. The summed E-state index contributed by atoms with van der Waals surface area (Å²) < 4.78 is 15.7. The number of fused-ring (bicyclic) bond motifs is 1. The number of rotatable bonds is 2. The minimum atomic E-state index is -0.646. The maximum atomic E-state index is 12.2. The van der Waals surface area contributed by atoms with Gasteiger partial charge in [0.2, 0.25) is 0 Å². The van der Waals surface area contributed by atoms with E-state index in [-0.39, 0.29) is 24.5 Å². The Morgan fingerprint density at radius 3 is 2.81 bits per heavy atom. The molecule has 0 aromatic carbocycles. The Morgan fingerprint density at radius 1 is 1.48 bits per heavy atom. The molecule has 21 heavy (non-hydrogen) atoms. The monoisotopic (exact) mass is 296 g/mol. The van der Waals surface area contributed by atoms with Crippen LogP contribution >= 0.6 is 0 Å². The lowest BCUT2D eigenvalue weighted by Crippen LogP contribution is -2.49. The van der Waals surface area contributed by atoms with Crippen LogP contribution in [0.5, 0.6) is 0 Å². The highest BCUT2D eigenvalue weighted by atomic mass is 16.6. The van der Waals surface area contributed by atoms with Crippen LogP contribution in [0.3, 0.4) is 0 Å². The standard InChI is InChI=1S/C14H20N2O5/c1-5-19-12(17)9-8-11-10(6-7-20-11)16(15-9)13(18)21-14(2,3)4/h6-7,10-11H,5,8H2,1-4H3. The Balaban J connectivity index is 2.21. The molecule has 116 valence electrons. The van der Waals surface area contributed by atoms with Crippen LogP contribution in [0.2, 0.25) is 0 Å². The molecule has 0 aromatic heterocycles. The van der Waals surface area contributed by atoms with E-state index in [0.717, 1.165) is 5.01 Å². The molecule has 2 aliphatic heterocycles. The van der Waals surface area contributed by atoms with Gasteiger partial charge in [-0.15, -0.1) is 0 Å². The first-order valence-electron chi connectivity index (χ1n) is 6.91. The van der Waals surface area contributed by atoms with Gasteiger partial charge in [-0.2, -0.15) is 10.1 Å². The molecule has 0 spiro atoms. The molecule has 2 rings (SSSR count). The van der Waals surface area contributed by atoms with Gasteiger partial charge in [-0.3, -0.25) is 0 Å². The van der Waals surface area contributed by atoms with Gasteiger partial charge in [-0.05, 0) is 33.8 Å². The smallest absolute Gasteiger partial charge is 0.431 e. The van der Waals surface area contributed by atoms with Crippen molar-refractivity contribution in [1.82, 2.24) is 5.01 Å². The van der Waals surface area contributed by atoms with Crippen LogP contribution in [-0.2, 0) is 19.0 Å². The van der Waals surface area contributed by atoms with Crippen molar-refractivity contribution in [2.75, 3.05) is 6.61 Å². The fourth-order valence-electron chi connectivity index (χ4n) is 2.08. The summed E-state index contributed by atoms with van der Waals surface area (Å²) >= 11 is 0. The van der Waals surface area contributed by atoms with Gasteiger partial charge in [0.1, 0.15) is 23.5 Å². The summed E-state index contributed by atoms with van der Waals surface area (Å²) in [6.07, 6.45) is 2.58. The number of carbonyl (C=O) groups is 2. The molecule has 7 nitrogen and oxygen atoms in total. The Kier molecular flexibility index (Phi) is 4.20. The third kappa shape index (κ3) is 3.53. The van der Waals surface area contributed by atoms with Crippen LogP contribution in [-0.4, -0.2) is 47.1 Å². The van der Waals surface area contributed by atoms with Crippen LogP contribution in [0.15, 0.2) is 17.4 Å². The van der Waals surface area contributed by atoms with Gasteiger partial charge < -0.3 is 14.2 Å². The van der Waals surface area contributed by atoms with Crippen molar-refractivity contribution in [1.29, 1.82) is 0 Å². The van der Waals surface area contributed by atoms with Crippen molar-refractivity contribution >= 4 is 17.8 Å². The molecule has 0 bridgehead atoms. The van der Waals surface area contributed by atoms with Crippen molar-refractivity contribution in [2.45, 2.75) is 51.9 Å². The number of esters is 1. The highest BCUT2D eigenvalue weighted by Gasteiger charge is 2.41. The first kappa shape index (κ1) is 15.3. The molecular formula is C14H20N2O5. The molecule has 0 radical (unpaired) electrons. The first-order chi connectivity index (χ1) is 9.81. The van der Waals surface area contributed by atoms with Crippen LogP contribution < -0.4 is 0 Å². The predicted octanol–water partition coefficient (Wildman–Crippen LogP) is 1.83. The van der Waals surface area contributed by atoms with Crippen molar-refractivity contribution < 1.29 is 23.8 Å². The Hall–Kier alpha value is -2.05. The summed E-state index contributed by atoms with van der Waals surface area (Å²) in [6.45, 7) is 7.26. The normalized spacial score (nSPS) is 24.0. The van der Waals surface area contributed by atoms with Crippen molar-refractivity contribution in [2.24, 2.45) is 5.10 Å². The summed E-state index contributed by atoms with van der Waals surface area (Å²) in [5.74, 6) is -0.542. The number of hydrogen-bond donors (Lipinski definition) is 0. The lowest BCUT2D eigenvalue weighted by atomic mass is 10.0. The Bertz CT molecular complexity index is 492. The minimum Gasteiger partial charge on any atom is -0.495 e. The zero-order chi connectivity index (χ0) is 15.6. The number of hydrogen-bond acceptors (Lipinski definition) is 6. The van der Waals surface area contributed by atoms with Gasteiger partial charge in [-0.1, -0.05) is 0 Å². The van der Waals surface area contributed by atoms with E-state index in [0.29, 0.717) is 6.42 Å². The molecule has 0 saturated heterocycles. The fraction of sp³-hybridized carbons (Fsp3) is 0.643. The third-order valence-corrected chi connectivity index (χ3v) is 2.91. The van der Waals surface area contributed by atoms with Crippen molar-refractivity contribution in [3.05, 3.63) is 12.3 Å². The second-order valence-electron chi connectivity index (χ2n) is 5.79. The van der Waals surface area contributed by atoms with E-state index in [1.54, 1.807) is 33.8 Å². The summed E-state index contributed by atoms with van der Waals surface area (Å²) in [7, 11) is 0. The number of hydrazone groups is 1. The second kappa shape index (κ2) is 5.75. The van der Waals surface area contributed by atoms with E-state index in [4.69, 9.17) is 14.2 Å². The van der Waals surface area contributed by atoms with Crippen LogP contribution in [0.4, 0.5) is 4.79 Å². The summed E-state index contributed by atoms with van der Waals surface area (Å²) in [5.41, 5.74) is -0.486. The topological polar surface area (TPSA) is 77.4 Å². The number of carbonyl (C=O) groups excluding carboxylic acids is 2. The summed E-state index contributed by atoms with van der Waals surface area (Å²) in [5, 5.41) is 5.24. The molecule has 2 atom stereocenters. The molecule has 0 aromatic rings. The second-order valence-corrected chi connectivity index (χ2v) is 5.79. The molecule has 0 saturated carbocycles. The van der Waals surface area contributed by atoms with Gasteiger partial charge in [0.05, 0.1) is 12.9 Å². The average molecular weight is 296 g/mol. The lowest BCUT2D eigenvalue weighted by molar-refractivity contribution is -0.135. The Morgan fingerprint density at radius 2 is 2.19 bits per heavy atom. The molecule has 0 fully saturated rings. The van der Waals surface area contributed by atoms with E-state index in [1.165, 1.54) is 6.26 Å². The highest BCUT2D eigenvalue weighted by Crippen LogP contribution is 2.27. The van der Waals surface area contributed by atoms with Crippen LogP contribution in [0.1, 0.15) is 34.1 Å². The quantitative estimate of drug-likeness (QED) is 0.726. The minimum absolute atomic E-state index is 0.160. The molecule has 2 aliphatic rings. The molecule has 0 N–H and O–H groups in total. The van der Waals surface area contributed by atoms with Crippen molar-refractivity contribution in [3.63, 3.8) is 0 Å². The first-order valence-corrected chi connectivity index (χ1v) is 6.91. The molecule has 2 heterocycles. The maximum absolute atomic E-state index is 12.2. The summed E-state index contributed by atoms with van der Waals surface area (Å²) in [4.78, 5) is 24.1. The van der Waals surface area contributed by atoms with Gasteiger partial charge in [0.15, 0.2) is 0 Å². The number of nitrogens with zero attached hydrogens (tertiary/aromatic N) is 2. The van der Waals surface area contributed by atoms with Gasteiger partial charge in [0.25, 0.3) is 0 Å². The van der Waals surface area contributed by atoms with E-state index >= 15 is 0 Å². The van der Waals surface area contributed by atoms with E-state index in [1.807, 2.05) is 0 Å². The van der Waals surface area contributed by atoms with Crippen LogP contribution in [0, 0.1) is 0 Å². The maximum Gasteiger partial charge on any atom is 0.431 e. The zero-order valence-corrected chi connectivity index (χ0v) is 12.7. The van der Waals surface area contributed by atoms with Gasteiger partial charge in [-0.25, -0.2) is 9.59 Å². The van der Waals surface area contributed by atoms with E-state index in [2.05, 4.69) is 5.10 Å².